The van der Waals surface area contributed by atoms with E-state index in [1.807, 2.05) is 23.6 Å². The number of fused-ring (bicyclic) bond motifs is 1. The van der Waals surface area contributed by atoms with Gasteiger partial charge in [-0.15, -0.1) is 34.5 Å². The minimum atomic E-state index is -1.14. The van der Waals surface area contributed by atoms with Gasteiger partial charge in [0.15, 0.2) is 6.61 Å². The molecule has 0 spiro atoms. The van der Waals surface area contributed by atoms with Crippen LogP contribution >= 0.6 is 34.5 Å². The maximum absolute atomic E-state index is 12.9. The molecule has 3 N–H and O–H groups in total. The Bertz CT molecular complexity index is 1310. The second-order valence-corrected chi connectivity index (χ2v) is 11.7. The van der Waals surface area contributed by atoms with E-state index in [-0.39, 0.29) is 30.5 Å². The van der Waals surface area contributed by atoms with E-state index in [0.29, 0.717) is 31.7 Å². The van der Waals surface area contributed by atoms with E-state index < -0.39 is 35.5 Å². The molecule has 0 saturated carbocycles. The average molecular weight is 621 g/mol. The fourth-order valence-corrected chi connectivity index (χ4v) is 6.29. The van der Waals surface area contributed by atoms with Crippen LogP contribution < -0.4 is 15.4 Å². The van der Waals surface area contributed by atoms with Crippen LogP contribution in [0.2, 0.25) is 0 Å². The van der Waals surface area contributed by atoms with E-state index in [4.69, 9.17) is 27.9 Å². The van der Waals surface area contributed by atoms with Crippen LogP contribution in [0.1, 0.15) is 35.1 Å². The van der Waals surface area contributed by atoms with Crippen molar-refractivity contribution < 1.29 is 29.0 Å². The van der Waals surface area contributed by atoms with Crippen molar-refractivity contribution in [3.8, 4) is 5.75 Å². The topological polar surface area (TPSA) is 125 Å². The third-order valence-corrected chi connectivity index (χ3v) is 9.15. The molecule has 2 aliphatic rings. The molecule has 1 fully saturated rings. The van der Waals surface area contributed by atoms with Gasteiger partial charge >= 0.3 is 5.97 Å². The van der Waals surface area contributed by atoms with Gasteiger partial charge in [0, 0.05) is 36.6 Å². The number of carbonyl (C=O) groups is 4. The predicted octanol–water partition coefficient (Wildman–Crippen LogP) is 3.98. The maximum atomic E-state index is 12.9. The molecule has 218 valence electrons. The first kappa shape index (κ1) is 30.6. The molecule has 3 atom stereocenters. The van der Waals surface area contributed by atoms with Crippen molar-refractivity contribution in [1.82, 2.24) is 15.5 Å². The molecule has 2 aromatic rings. The van der Waals surface area contributed by atoms with Gasteiger partial charge in [-0.1, -0.05) is 24.3 Å². The van der Waals surface area contributed by atoms with E-state index in [1.165, 1.54) is 6.08 Å². The number of aliphatic carboxylic acids is 1. The fraction of sp³-hybridized carbons (Fsp3) is 0.379. The van der Waals surface area contributed by atoms with Gasteiger partial charge in [-0.25, -0.2) is 0 Å². The zero-order valence-electron chi connectivity index (χ0n) is 22.1. The maximum Gasteiger partial charge on any atom is 0.304 e. The normalized spacial score (nSPS) is 19.7. The summed E-state index contributed by atoms with van der Waals surface area (Å²) in [5, 5.41) is 15.9. The number of ether oxygens (including phenoxy) is 1. The highest BCUT2D eigenvalue weighted by Crippen LogP contribution is 2.42. The van der Waals surface area contributed by atoms with Crippen molar-refractivity contribution in [2.45, 2.75) is 36.1 Å². The number of amides is 3. The molecule has 3 unspecified atom stereocenters. The Balaban J connectivity index is 1.23. The van der Waals surface area contributed by atoms with E-state index in [9.17, 15) is 24.3 Å². The lowest BCUT2D eigenvalue weighted by atomic mass is 9.97. The molecule has 0 bridgehead atoms. The van der Waals surface area contributed by atoms with Gasteiger partial charge < -0.3 is 25.4 Å². The molecule has 1 aromatic carbocycles. The van der Waals surface area contributed by atoms with E-state index >= 15 is 0 Å². The van der Waals surface area contributed by atoms with E-state index in [2.05, 4.69) is 10.6 Å². The minimum Gasteiger partial charge on any atom is -0.484 e. The Morgan fingerprint density at radius 1 is 1.10 bits per heavy atom. The summed E-state index contributed by atoms with van der Waals surface area (Å²) in [5.41, 5.74) is 1.79. The third kappa shape index (κ3) is 8.58. The molecule has 1 aliphatic carbocycles. The van der Waals surface area contributed by atoms with Crippen molar-refractivity contribution in [3.05, 3.63) is 69.9 Å². The van der Waals surface area contributed by atoms with Crippen molar-refractivity contribution in [3.63, 3.8) is 0 Å². The number of alkyl halides is 2. The summed E-state index contributed by atoms with van der Waals surface area (Å²) in [5.74, 6) is -2.64. The summed E-state index contributed by atoms with van der Waals surface area (Å²) in [6.45, 7) is 0.476. The molecule has 1 saturated heterocycles. The summed E-state index contributed by atoms with van der Waals surface area (Å²) in [7, 11) is 0. The molecule has 12 heteroatoms. The molecule has 1 aromatic heterocycles. The number of carboxylic acid groups (broad SMARTS) is 1. The Morgan fingerprint density at radius 3 is 2.54 bits per heavy atom. The first-order valence-electron chi connectivity index (χ1n) is 13.2. The second kappa shape index (κ2) is 14.5. The Kier molecular flexibility index (Phi) is 10.8. The SMILES string of the molecule is O=C(O)CC(CNC(=O)COc1ccccc1)C(=O)NC1CCN(C(=O)/C=C/C2=Cc3ccsc3C(Cl)C2Cl)CC1. The van der Waals surface area contributed by atoms with Gasteiger partial charge in [-0.2, -0.15) is 0 Å². The number of hydrogen-bond acceptors (Lipinski definition) is 6. The zero-order chi connectivity index (χ0) is 29.4. The van der Waals surface area contributed by atoms with Crippen LogP contribution in [0.3, 0.4) is 0 Å². The monoisotopic (exact) mass is 619 g/mol. The second-order valence-electron chi connectivity index (χ2n) is 9.83. The van der Waals surface area contributed by atoms with Crippen LogP contribution in [-0.4, -0.2) is 71.4 Å². The van der Waals surface area contributed by atoms with Gasteiger partial charge in [0.1, 0.15) is 5.75 Å². The molecule has 3 amide bonds. The first-order valence-corrected chi connectivity index (χ1v) is 15.0. The van der Waals surface area contributed by atoms with Crippen LogP contribution in [-0.2, 0) is 19.2 Å². The summed E-state index contributed by atoms with van der Waals surface area (Å²) in [6, 6.07) is 10.6. The molecule has 1 aliphatic heterocycles. The van der Waals surface area contributed by atoms with Gasteiger partial charge in [0.25, 0.3) is 5.91 Å². The van der Waals surface area contributed by atoms with Crippen molar-refractivity contribution in [1.29, 1.82) is 0 Å². The number of thiophene rings is 1. The lowest BCUT2D eigenvalue weighted by Crippen LogP contribution is -2.49. The third-order valence-electron chi connectivity index (χ3n) is 6.90. The molecule has 41 heavy (non-hydrogen) atoms. The summed E-state index contributed by atoms with van der Waals surface area (Å²) in [4.78, 5) is 51.9. The Morgan fingerprint density at radius 2 is 1.83 bits per heavy atom. The summed E-state index contributed by atoms with van der Waals surface area (Å²) >= 11 is 14.6. The standard InChI is InChI=1S/C29H31Cl2N3O6S/c30-26-18(14-19-10-13-41-28(19)27(26)31)6-7-24(36)34-11-8-21(9-12-34)33-29(39)20(15-25(37)38)16-32-23(35)17-40-22-4-2-1-3-5-22/h1-7,10,13-14,20-21,26-27H,8-9,11-12,15-17H2,(H,32,35)(H,33,39)(H,37,38)/b7-6+. The quantitative estimate of drug-likeness (QED) is 0.258. The van der Waals surface area contributed by atoms with Crippen molar-refractivity contribution >= 4 is 64.3 Å². The molecule has 2 heterocycles. The molecule has 4 rings (SSSR count). The lowest BCUT2D eigenvalue weighted by molar-refractivity contribution is -0.141. The number of halogens is 2. The number of carboxylic acids is 1. The van der Waals surface area contributed by atoms with Gasteiger partial charge in [0.05, 0.1) is 23.1 Å². The molecular formula is C29H31Cl2N3O6S. The Labute approximate surface area is 252 Å². The number of rotatable bonds is 11. The minimum absolute atomic E-state index is 0.134. The number of nitrogens with zero attached hydrogens (tertiary/aromatic N) is 1. The van der Waals surface area contributed by atoms with Crippen LogP contribution in [0, 0.1) is 5.92 Å². The number of nitrogens with one attached hydrogen (secondary N) is 2. The van der Waals surface area contributed by atoms with Crippen LogP contribution in [0.5, 0.6) is 5.75 Å². The van der Waals surface area contributed by atoms with Crippen molar-refractivity contribution in [2.24, 2.45) is 5.92 Å². The highest BCUT2D eigenvalue weighted by atomic mass is 35.5. The van der Waals surface area contributed by atoms with Crippen LogP contribution in [0.4, 0.5) is 0 Å². The number of hydrogen-bond donors (Lipinski definition) is 3. The van der Waals surface area contributed by atoms with Crippen LogP contribution in [0.15, 0.2) is 59.5 Å². The number of likely N-dealkylation sites (tertiary alicyclic amines) is 1. The van der Waals surface area contributed by atoms with E-state index in [0.717, 1.165) is 16.0 Å². The highest BCUT2D eigenvalue weighted by Gasteiger charge is 2.30. The molecule has 9 nitrogen and oxygen atoms in total. The largest absolute Gasteiger partial charge is 0.484 e. The van der Waals surface area contributed by atoms with E-state index in [1.54, 1.807) is 46.6 Å². The summed E-state index contributed by atoms with van der Waals surface area (Å²) in [6.07, 6.45) is 5.76. The number of para-hydroxylation sites is 1. The number of allylic oxidation sites excluding steroid dienone is 2. The number of piperidine rings is 1. The molecular weight excluding hydrogens is 589 g/mol. The molecule has 0 radical (unpaired) electrons. The Hall–Kier alpha value is -3.34. The highest BCUT2D eigenvalue weighted by molar-refractivity contribution is 7.10. The van der Waals surface area contributed by atoms with Crippen LogP contribution in [0.25, 0.3) is 6.08 Å². The predicted molar refractivity (Wildman–Crippen MR) is 158 cm³/mol. The number of benzene rings is 1. The summed E-state index contributed by atoms with van der Waals surface area (Å²) < 4.78 is 5.38. The number of carbonyl (C=O) groups excluding carboxylic acids is 3. The zero-order valence-corrected chi connectivity index (χ0v) is 24.5. The first-order chi connectivity index (χ1) is 19.7. The van der Waals surface area contributed by atoms with Gasteiger partial charge in [-0.3, -0.25) is 19.2 Å². The average Bonchev–Trinajstić information content (AvgIpc) is 3.44. The van der Waals surface area contributed by atoms with Gasteiger partial charge in [0.2, 0.25) is 11.8 Å². The van der Waals surface area contributed by atoms with Crippen molar-refractivity contribution in [2.75, 3.05) is 26.2 Å². The fourth-order valence-electron chi connectivity index (χ4n) is 4.63. The van der Waals surface area contributed by atoms with Gasteiger partial charge in [-0.05, 0) is 53.6 Å². The smallest absolute Gasteiger partial charge is 0.304 e. The lowest BCUT2D eigenvalue weighted by Gasteiger charge is -2.32.